The Morgan fingerprint density at radius 2 is 1.88 bits per heavy atom. The van der Waals surface area contributed by atoms with Crippen molar-refractivity contribution in [2.75, 3.05) is 0 Å². The van der Waals surface area contributed by atoms with Crippen molar-refractivity contribution in [3.63, 3.8) is 0 Å². The average Bonchev–Trinajstić information content (AvgIpc) is 2.27. The maximum atomic E-state index is 11.6. The van der Waals surface area contributed by atoms with Gasteiger partial charge in [0.1, 0.15) is 5.75 Å². The number of hydrogen-bond donors (Lipinski definition) is 1. The Balaban J connectivity index is 2.68. The lowest BCUT2D eigenvalue weighted by atomic mass is 10.0. The van der Waals surface area contributed by atoms with E-state index >= 15 is 0 Å². The van der Waals surface area contributed by atoms with E-state index in [0.717, 1.165) is 10.8 Å². The first kappa shape index (κ1) is 11.5. The fourth-order valence-corrected chi connectivity index (χ4v) is 1.86. The van der Waals surface area contributed by atoms with Crippen LogP contribution in [0.3, 0.4) is 0 Å². The van der Waals surface area contributed by atoms with Crippen LogP contribution in [0.2, 0.25) is 0 Å². The molecule has 2 aromatic carbocycles. The molecular formula is C14H15NO2. The highest BCUT2D eigenvalue weighted by Crippen LogP contribution is 2.28. The van der Waals surface area contributed by atoms with Crippen LogP contribution < -0.4 is 10.5 Å². The maximum Gasteiger partial charge on any atom is 0.253 e. The summed E-state index contributed by atoms with van der Waals surface area (Å²) in [4.78, 5) is 11.6. The van der Waals surface area contributed by atoms with Gasteiger partial charge in [-0.05, 0) is 30.7 Å². The van der Waals surface area contributed by atoms with Gasteiger partial charge in [0, 0.05) is 0 Å². The van der Waals surface area contributed by atoms with Gasteiger partial charge in [-0.25, -0.2) is 0 Å². The van der Waals surface area contributed by atoms with Crippen LogP contribution in [0.15, 0.2) is 36.4 Å². The minimum atomic E-state index is -0.461. The molecule has 0 saturated heterocycles. The lowest BCUT2D eigenvalue weighted by Crippen LogP contribution is -2.16. The number of nitrogens with two attached hydrogens (primary N) is 1. The number of ether oxygens (including phenoxy) is 1. The summed E-state index contributed by atoms with van der Waals surface area (Å²) >= 11 is 0. The van der Waals surface area contributed by atoms with E-state index in [-0.39, 0.29) is 6.10 Å². The Labute approximate surface area is 100 Å². The predicted molar refractivity (Wildman–Crippen MR) is 68.2 cm³/mol. The first-order valence-electron chi connectivity index (χ1n) is 5.58. The van der Waals surface area contributed by atoms with Gasteiger partial charge < -0.3 is 10.5 Å². The van der Waals surface area contributed by atoms with Gasteiger partial charge >= 0.3 is 0 Å². The molecule has 0 heterocycles. The summed E-state index contributed by atoms with van der Waals surface area (Å²) in [5.74, 6) is 0.0867. The molecule has 0 radical (unpaired) electrons. The molecule has 2 N–H and O–H groups in total. The Morgan fingerprint density at radius 3 is 2.53 bits per heavy atom. The number of primary amides is 1. The number of rotatable bonds is 3. The molecule has 0 unspecified atom stereocenters. The average molecular weight is 229 g/mol. The van der Waals surface area contributed by atoms with Crippen molar-refractivity contribution in [1.82, 2.24) is 0 Å². The van der Waals surface area contributed by atoms with E-state index in [0.29, 0.717) is 11.3 Å². The standard InChI is InChI=1S/C14H15NO2/c1-9(2)17-12-8-7-10-5-3-4-6-11(10)13(12)14(15)16/h3-9H,1-2H3,(H2,15,16). The molecule has 0 atom stereocenters. The van der Waals surface area contributed by atoms with E-state index < -0.39 is 5.91 Å². The van der Waals surface area contributed by atoms with Crippen LogP contribution in [-0.2, 0) is 0 Å². The van der Waals surface area contributed by atoms with Gasteiger partial charge in [-0.1, -0.05) is 30.3 Å². The van der Waals surface area contributed by atoms with Crippen molar-refractivity contribution in [3.8, 4) is 5.75 Å². The normalized spacial score (nSPS) is 10.8. The zero-order valence-corrected chi connectivity index (χ0v) is 9.94. The van der Waals surface area contributed by atoms with Crippen LogP contribution in [0.5, 0.6) is 5.75 Å². The van der Waals surface area contributed by atoms with E-state index in [1.807, 2.05) is 44.2 Å². The molecule has 0 fully saturated rings. The van der Waals surface area contributed by atoms with Crippen molar-refractivity contribution in [3.05, 3.63) is 42.0 Å². The van der Waals surface area contributed by atoms with Gasteiger partial charge in [0.25, 0.3) is 5.91 Å². The zero-order valence-electron chi connectivity index (χ0n) is 9.94. The highest BCUT2D eigenvalue weighted by Gasteiger charge is 2.14. The van der Waals surface area contributed by atoms with Gasteiger partial charge in [-0.15, -0.1) is 0 Å². The fourth-order valence-electron chi connectivity index (χ4n) is 1.86. The van der Waals surface area contributed by atoms with Crippen LogP contribution >= 0.6 is 0 Å². The van der Waals surface area contributed by atoms with Crippen LogP contribution in [0, 0.1) is 0 Å². The maximum absolute atomic E-state index is 11.6. The Hall–Kier alpha value is -2.03. The van der Waals surface area contributed by atoms with Gasteiger partial charge in [-0.3, -0.25) is 4.79 Å². The van der Waals surface area contributed by atoms with Crippen molar-refractivity contribution >= 4 is 16.7 Å². The number of benzene rings is 2. The minimum absolute atomic E-state index is 0.00858. The summed E-state index contributed by atoms with van der Waals surface area (Å²) in [6, 6.07) is 11.4. The van der Waals surface area contributed by atoms with Gasteiger partial charge in [-0.2, -0.15) is 0 Å². The summed E-state index contributed by atoms with van der Waals surface area (Å²) in [6.45, 7) is 3.83. The molecule has 1 amide bonds. The van der Waals surface area contributed by atoms with E-state index in [9.17, 15) is 4.79 Å². The first-order valence-corrected chi connectivity index (χ1v) is 5.58. The molecule has 0 spiro atoms. The van der Waals surface area contributed by atoms with Crippen LogP contribution in [-0.4, -0.2) is 12.0 Å². The van der Waals surface area contributed by atoms with Crippen LogP contribution in [0.25, 0.3) is 10.8 Å². The van der Waals surface area contributed by atoms with Crippen LogP contribution in [0.1, 0.15) is 24.2 Å². The quantitative estimate of drug-likeness (QED) is 0.879. The molecule has 0 aliphatic rings. The van der Waals surface area contributed by atoms with E-state index in [4.69, 9.17) is 10.5 Å². The van der Waals surface area contributed by atoms with Crippen molar-refractivity contribution < 1.29 is 9.53 Å². The second kappa shape index (κ2) is 4.45. The Morgan fingerprint density at radius 1 is 1.18 bits per heavy atom. The summed E-state index contributed by atoms with van der Waals surface area (Å²) in [7, 11) is 0. The van der Waals surface area contributed by atoms with Gasteiger partial charge in [0.2, 0.25) is 0 Å². The molecule has 88 valence electrons. The van der Waals surface area contributed by atoms with E-state index in [1.165, 1.54) is 0 Å². The summed E-state index contributed by atoms with van der Waals surface area (Å²) in [5, 5.41) is 1.82. The predicted octanol–water partition coefficient (Wildman–Crippen LogP) is 2.73. The smallest absolute Gasteiger partial charge is 0.253 e. The van der Waals surface area contributed by atoms with E-state index in [2.05, 4.69) is 0 Å². The monoisotopic (exact) mass is 229 g/mol. The number of fused-ring (bicyclic) bond motifs is 1. The molecule has 17 heavy (non-hydrogen) atoms. The first-order chi connectivity index (χ1) is 8.09. The third-order valence-corrected chi connectivity index (χ3v) is 2.50. The molecule has 3 heteroatoms. The second-order valence-corrected chi connectivity index (χ2v) is 4.19. The van der Waals surface area contributed by atoms with Crippen molar-refractivity contribution in [2.45, 2.75) is 20.0 Å². The highest BCUT2D eigenvalue weighted by atomic mass is 16.5. The van der Waals surface area contributed by atoms with Crippen molar-refractivity contribution in [2.24, 2.45) is 5.73 Å². The summed E-state index contributed by atoms with van der Waals surface area (Å²) in [6.07, 6.45) is 0.00858. The third kappa shape index (κ3) is 2.23. The second-order valence-electron chi connectivity index (χ2n) is 4.19. The molecule has 2 aromatic rings. The summed E-state index contributed by atoms with van der Waals surface area (Å²) in [5.41, 5.74) is 5.89. The summed E-state index contributed by atoms with van der Waals surface area (Å²) < 4.78 is 5.61. The molecule has 0 bridgehead atoms. The van der Waals surface area contributed by atoms with Crippen molar-refractivity contribution in [1.29, 1.82) is 0 Å². The minimum Gasteiger partial charge on any atom is -0.490 e. The van der Waals surface area contributed by atoms with Gasteiger partial charge in [0.05, 0.1) is 11.7 Å². The molecule has 0 saturated carbocycles. The number of carbonyl (C=O) groups excluding carboxylic acids is 1. The number of carbonyl (C=O) groups is 1. The molecule has 2 rings (SSSR count). The number of hydrogen-bond acceptors (Lipinski definition) is 2. The zero-order chi connectivity index (χ0) is 12.4. The Kier molecular flexibility index (Phi) is 3.00. The van der Waals surface area contributed by atoms with Crippen LogP contribution in [0.4, 0.5) is 0 Å². The Bertz CT molecular complexity index is 561. The SMILES string of the molecule is CC(C)Oc1ccc2ccccc2c1C(N)=O. The molecule has 0 aliphatic heterocycles. The lowest BCUT2D eigenvalue weighted by Gasteiger charge is -2.14. The largest absolute Gasteiger partial charge is 0.490 e. The molecule has 3 nitrogen and oxygen atoms in total. The number of amides is 1. The highest BCUT2D eigenvalue weighted by molar-refractivity contribution is 6.08. The van der Waals surface area contributed by atoms with E-state index in [1.54, 1.807) is 6.07 Å². The molecule has 0 aliphatic carbocycles. The lowest BCUT2D eigenvalue weighted by molar-refractivity contribution is 0.0996. The molecular weight excluding hydrogens is 214 g/mol. The fraction of sp³-hybridized carbons (Fsp3) is 0.214. The third-order valence-electron chi connectivity index (χ3n) is 2.50. The molecule has 0 aromatic heterocycles. The topological polar surface area (TPSA) is 52.3 Å². The van der Waals surface area contributed by atoms with Gasteiger partial charge in [0.15, 0.2) is 0 Å².